The summed E-state index contributed by atoms with van der Waals surface area (Å²) >= 11 is 0. The summed E-state index contributed by atoms with van der Waals surface area (Å²) in [5, 5.41) is 4.82. The second-order valence-corrected chi connectivity index (χ2v) is 4.78. The van der Waals surface area contributed by atoms with Crippen molar-refractivity contribution in [3.8, 4) is 5.75 Å². The van der Waals surface area contributed by atoms with Crippen molar-refractivity contribution in [2.24, 2.45) is 5.10 Å². The lowest BCUT2D eigenvalue weighted by Crippen LogP contribution is -2.20. The van der Waals surface area contributed by atoms with Gasteiger partial charge in [0.25, 0.3) is 5.56 Å². The van der Waals surface area contributed by atoms with Crippen LogP contribution in [0.1, 0.15) is 11.4 Å². The number of rotatable bonds is 3. The Hall–Kier alpha value is -2.95. The van der Waals surface area contributed by atoms with E-state index in [0.717, 1.165) is 5.56 Å². The van der Waals surface area contributed by atoms with E-state index in [4.69, 9.17) is 4.74 Å². The molecule has 22 heavy (non-hydrogen) atoms. The predicted octanol–water partition coefficient (Wildman–Crippen LogP) is 2.60. The normalized spacial score (nSPS) is 11.2. The Morgan fingerprint density at radius 1 is 1.14 bits per heavy atom. The van der Waals surface area contributed by atoms with Crippen LogP contribution in [0.2, 0.25) is 0 Å². The standard InChI is InChI=1S/C17H15N3O2/c1-12-19-15-9-5-4-8-14(15)17(21)20(12)18-11-13-7-3-6-10-16(13)22-2/h3-11H,1-2H3/b18-11+. The molecule has 0 aliphatic rings. The number of nitrogens with zero attached hydrogens (tertiary/aromatic N) is 3. The average molecular weight is 293 g/mol. The lowest BCUT2D eigenvalue weighted by Gasteiger charge is -2.06. The van der Waals surface area contributed by atoms with Crippen molar-refractivity contribution in [2.45, 2.75) is 6.92 Å². The quantitative estimate of drug-likeness (QED) is 0.697. The molecule has 0 unspecified atom stereocenters. The third kappa shape index (κ3) is 2.48. The highest BCUT2D eigenvalue weighted by Gasteiger charge is 2.06. The summed E-state index contributed by atoms with van der Waals surface area (Å²) in [7, 11) is 1.60. The maximum atomic E-state index is 12.5. The molecule has 0 N–H and O–H groups in total. The Morgan fingerprint density at radius 3 is 2.68 bits per heavy atom. The number of aryl methyl sites for hydroxylation is 1. The van der Waals surface area contributed by atoms with Gasteiger partial charge in [-0.3, -0.25) is 4.79 Å². The van der Waals surface area contributed by atoms with E-state index < -0.39 is 0 Å². The zero-order valence-electron chi connectivity index (χ0n) is 12.4. The van der Waals surface area contributed by atoms with Crippen molar-refractivity contribution < 1.29 is 4.74 Å². The van der Waals surface area contributed by atoms with Gasteiger partial charge in [0.05, 0.1) is 24.2 Å². The van der Waals surface area contributed by atoms with Gasteiger partial charge in [-0.15, -0.1) is 0 Å². The van der Waals surface area contributed by atoms with Gasteiger partial charge in [0.2, 0.25) is 0 Å². The molecule has 0 aliphatic carbocycles. The van der Waals surface area contributed by atoms with Crippen LogP contribution in [0.4, 0.5) is 0 Å². The first-order valence-electron chi connectivity index (χ1n) is 6.86. The van der Waals surface area contributed by atoms with E-state index in [0.29, 0.717) is 22.5 Å². The molecule has 0 aliphatic heterocycles. The van der Waals surface area contributed by atoms with Crippen LogP contribution in [0, 0.1) is 6.92 Å². The number of fused-ring (bicyclic) bond motifs is 1. The molecule has 0 atom stereocenters. The van der Waals surface area contributed by atoms with E-state index in [1.54, 1.807) is 26.3 Å². The molecule has 0 saturated carbocycles. The molecule has 0 amide bonds. The largest absolute Gasteiger partial charge is 0.496 e. The van der Waals surface area contributed by atoms with Crippen molar-refractivity contribution in [3.05, 3.63) is 70.3 Å². The minimum Gasteiger partial charge on any atom is -0.496 e. The molecule has 3 aromatic rings. The number of hydrogen-bond acceptors (Lipinski definition) is 4. The maximum Gasteiger partial charge on any atom is 0.282 e. The van der Waals surface area contributed by atoms with E-state index in [1.807, 2.05) is 42.5 Å². The minimum absolute atomic E-state index is 0.186. The number of hydrogen-bond donors (Lipinski definition) is 0. The van der Waals surface area contributed by atoms with Gasteiger partial charge < -0.3 is 4.74 Å². The molecule has 3 rings (SSSR count). The first-order valence-corrected chi connectivity index (χ1v) is 6.86. The average Bonchev–Trinajstić information content (AvgIpc) is 2.55. The fraction of sp³-hybridized carbons (Fsp3) is 0.118. The van der Waals surface area contributed by atoms with Crippen LogP contribution in [-0.4, -0.2) is 23.0 Å². The molecule has 2 aromatic carbocycles. The van der Waals surface area contributed by atoms with Crippen molar-refractivity contribution in [3.63, 3.8) is 0 Å². The third-order valence-electron chi connectivity index (χ3n) is 3.37. The van der Waals surface area contributed by atoms with Crippen molar-refractivity contribution in [2.75, 3.05) is 7.11 Å². The molecular formula is C17H15N3O2. The Morgan fingerprint density at radius 2 is 1.86 bits per heavy atom. The highest BCUT2D eigenvalue weighted by Crippen LogP contribution is 2.15. The first-order chi connectivity index (χ1) is 10.7. The number of methoxy groups -OCH3 is 1. The van der Waals surface area contributed by atoms with Gasteiger partial charge in [-0.1, -0.05) is 24.3 Å². The molecule has 0 radical (unpaired) electrons. The summed E-state index contributed by atoms with van der Waals surface area (Å²) < 4.78 is 6.57. The van der Waals surface area contributed by atoms with E-state index >= 15 is 0 Å². The molecule has 0 bridgehead atoms. The van der Waals surface area contributed by atoms with Gasteiger partial charge in [-0.05, 0) is 31.2 Å². The number of para-hydroxylation sites is 2. The van der Waals surface area contributed by atoms with Crippen LogP contribution in [0.15, 0.2) is 58.4 Å². The van der Waals surface area contributed by atoms with Crippen LogP contribution in [0.5, 0.6) is 5.75 Å². The van der Waals surface area contributed by atoms with Crippen molar-refractivity contribution in [1.29, 1.82) is 0 Å². The molecule has 5 nitrogen and oxygen atoms in total. The number of aromatic nitrogens is 2. The molecule has 1 heterocycles. The van der Waals surface area contributed by atoms with Gasteiger partial charge in [0, 0.05) is 5.56 Å². The molecule has 1 aromatic heterocycles. The van der Waals surface area contributed by atoms with Gasteiger partial charge in [0.1, 0.15) is 11.6 Å². The predicted molar refractivity (Wildman–Crippen MR) is 86.7 cm³/mol. The van der Waals surface area contributed by atoms with Crippen LogP contribution < -0.4 is 10.3 Å². The molecular weight excluding hydrogens is 278 g/mol. The topological polar surface area (TPSA) is 56.5 Å². The van der Waals surface area contributed by atoms with E-state index in [-0.39, 0.29) is 5.56 Å². The fourth-order valence-electron chi connectivity index (χ4n) is 2.26. The molecule has 0 spiro atoms. The molecule has 5 heteroatoms. The zero-order chi connectivity index (χ0) is 15.5. The maximum absolute atomic E-state index is 12.5. The molecule has 0 saturated heterocycles. The number of ether oxygens (including phenoxy) is 1. The fourth-order valence-corrected chi connectivity index (χ4v) is 2.26. The lowest BCUT2D eigenvalue weighted by molar-refractivity contribution is 0.414. The third-order valence-corrected chi connectivity index (χ3v) is 3.37. The second-order valence-electron chi connectivity index (χ2n) is 4.78. The van der Waals surface area contributed by atoms with Crippen LogP contribution >= 0.6 is 0 Å². The Balaban J connectivity index is 2.11. The van der Waals surface area contributed by atoms with Crippen LogP contribution in [0.3, 0.4) is 0 Å². The van der Waals surface area contributed by atoms with Gasteiger partial charge in [-0.25, -0.2) is 4.98 Å². The molecule has 110 valence electrons. The van der Waals surface area contributed by atoms with Gasteiger partial charge >= 0.3 is 0 Å². The smallest absolute Gasteiger partial charge is 0.282 e. The minimum atomic E-state index is -0.186. The summed E-state index contributed by atoms with van der Waals surface area (Å²) in [5.74, 6) is 1.24. The summed E-state index contributed by atoms with van der Waals surface area (Å²) in [6.07, 6.45) is 1.60. The summed E-state index contributed by atoms with van der Waals surface area (Å²) in [5.41, 5.74) is 1.28. The highest BCUT2D eigenvalue weighted by atomic mass is 16.5. The van der Waals surface area contributed by atoms with Crippen LogP contribution in [0.25, 0.3) is 10.9 Å². The second kappa shape index (κ2) is 5.81. The summed E-state index contributed by atoms with van der Waals surface area (Å²) in [6, 6.07) is 14.7. The van der Waals surface area contributed by atoms with Gasteiger partial charge in [0.15, 0.2) is 0 Å². The molecule has 0 fully saturated rings. The van der Waals surface area contributed by atoms with Crippen LogP contribution in [-0.2, 0) is 0 Å². The van der Waals surface area contributed by atoms with E-state index in [2.05, 4.69) is 10.1 Å². The Labute approximate surface area is 127 Å². The van der Waals surface area contributed by atoms with E-state index in [1.165, 1.54) is 4.68 Å². The first kappa shape index (κ1) is 14.0. The summed E-state index contributed by atoms with van der Waals surface area (Å²) in [6.45, 7) is 1.76. The monoisotopic (exact) mass is 293 g/mol. The van der Waals surface area contributed by atoms with E-state index in [9.17, 15) is 4.79 Å². The van der Waals surface area contributed by atoms with Crippen molar-refractivity contribution in [1.82, 2.24) is 9.66 Å². The Bertz CT molecular complexity index is 913. The SMILES string of the molecule is COc1ccccc1/C=N/n1c(C)nc2ccccc2c1=O. The Kier molecular flexibility index (Phi) is 3.70. The highest BCUT2D eigenvalue weighted by molar-refractivity contribution is 5.83. The van der Waals surface area contributed by atoms with Gasteiger partial charge in [-0.2, -0.15) is 9.78 Å². The number of benzene rings is 2. The lowest BCUT2D eigenvalue weighted by atomic mass is 10.2. The zero-order valence-corrected chi connectivity index (χ0v) is 12.4. The summed E-state index contributed by atoms with van der Waals surface area (Å²) in [4.78, 5) is 16.9. The van der Waals surface area contributed by atoms with Crippen molar-refractivity contribution >= 4 is 17.1 Å².